The van der Waals surface area contributed by atoms with E-state index < -0.39 is 5.82 Å². The topological polar surface area (TPSA) is 60.0 Å². The lowest BCUT2D eigenvalue weighted by molar-refractivity contribution is 0.377. The fourth-order valence-electron chi connectivity index (χ4n) is 1.44. The van der Waals surface area contributed by atoms with Gasteiger partial charge in [-0.2, -0.15) is 4.98 Å². The summed E-state index contributed by atoms with van der Waals surface area (Å²) in [5.41, 5.74) is 0.237. The summed E-state index contributed by atoms with van der Waals surface area (Å²) in [6, 6.07) is 4.91. The van der Waals surface area contributed by atoms with Crippen molar-refractivity contribution in [3.8, 4) is 23.1 Å². The van der Waals surface area contributed by atoms with E-state index in [0.717, 1.165) is 0 Å². The normalized spacial score (nSPS) is 10.2. The fourth-order valence-corrected chi connectivity index (χ4v) is 1.61. The largest absolute Gasteiger partial charge is 0.494 e. The van der Waals surface area contributed by atoms with Crippen LogP contribution < -0.4 is 9.47 Å². The summed E-state index contributed by atoms with van der Waals surface area (Å²) in [5, 5.41) is 0. The molecule has 0 spiro atoms. The molecule has 0 aliphatic rings. The van der Waals surface area contributed by atoms with Crippen molar-refractivity contribution in [2.24, 2.45) is 0 Å². The number of methoxy groups -OCH3 is 2. The zero-order valence-electron chi connectivity index (χ0n) is 9.73. The van der Waals surface area contributed by atoms with Crippen molar-refractivity contribution in [1.82, 2.24) is 15.0 Å². The van der Waals surface area contributed by atoms with Crippen LogP contribution in [0, 0.1) is 10.6 Å². The number of nitrogens with zero attached hydrogens (tertiary/aromatic N) is 2. The molecule has 0 saturated carbocycles. The summed E-state index contributed by atoms with van der Waals surface area (Å²) in [4.78, 5) is 10.5. The van der Waals surface area contributed by atoms with Crippen molar-refractivity contribution in [2.75, 3.05) is 14.2 Å². The van der Waals surface area contributed by atoms with E-state index in [1.165, 1.54) is 20.3 Å². The molecular weight excluding hydrogens is 257 g/mol. The maximum absolute atomic E-state index is 14.0. The average Bonchev–Trinajstić information content (AvgIpc) is 2.38. The third kappa shape index (κ3) is 2.30. The van der Waals surface area contributed by atoms with Crippen LogP contribution in [0.25, 0.3) is 11.4 Å². The van der Waals surface area contributed by atoms with Crippen molar-refractivity contribution >= 4 is 12.2 Å². The molecule has 0 amide bonds. The van der Waals surface area contributed by atoms with E-state index in [4.69, 9.17) is 21.7 Å². The molecule has 2 aromatic rings. The summed E-state index contributed by atoms with van der Waals surface area (Å²) in [5.74, 6) is -0.154. The summed E-state index contributed by atoms with van der Waals surface area (Å²) < 4.78 is 23.9. The highest BCUT2D eigenvalue weighted by atomic mass is 32.1. The van der Waals surface area contributed by atoms with Gasteiger partial charge in [0.15, 0.2) is 11.6 Å². The van der Waals surface area contributed by atoms with Gasteiger partial charge < -0.3 is 9.47 Å². The second-order valence-electron chi connectivity index (χ2n) is 3.31. The zero-order chi connectivity index (χ0) is 13.1. The van der Waals surface area contributed by atoms with Gasteiger partial charge in [-0.1, -0.05) is 6.07 Å². The SMILES string of the molecule is COc1nc(=S)nc(-c2cccc(OC)c2F)[nH]1. The van der Waals surface area contributed by atoms with Gasteiger partial charge >= 0.3 is 0 Å². The Bertz CT molecular complexity index is 630. The maximum Gasteiger partial charge on any atom is 0.297 e. The molecule has 1 aromatic carbocycles. The zero-order valence-corrected chi connectivity index (χ0v) is 10.5. The van der Waals surface area contributed by atoms with Gasteiger partial charge in [-0.3, -0.25) is 4.98 Å². The minimum Gasteiger partial charge on any atom is -0.494 e. The summed E-state index contributed by atoms with van der Waals surface area (Å²) >= 11 is 4.88. The van der Waals surface area contributed by atoms with Gasteiger partial charge in [-0.05, 0) is 24.4 Å². The molecule has 7 heteroatoms. The number of H-pyrrole nitrogens is 1. The van der Waals surface area contributed by atoms with E-state index in [9.17, 15) is 4.39 Å². The fraction of sp³-hybridized carbons (Fsp3) is 0.182. The maximum atomic E-state index is 14.0. The molecule has 1 heterocycles. The molecule has 5 nitrogen and oxygen atoms in total. The van der Waals surface area contributed by atoms with E-state index in [2.05, 4.69) is 15.0 Å². The number of benzene rings is 1. The van der Waals surface area contributed by atoms with E-state index in [0.29, 0.717) is 0 Å². The number of hydrogen-bond donors (Lipinski definition) is 1. The smallest absolute Gasteiger partial charge is 0.297 e. The van der Waals surface area contributed by atoms with Gasteiger partial charge in [0, 0.05) is 0 Å². The van der Waals surface area contributed by atoms with Crippen LogP contribution in [0.3, 0.4) is 0 Å². The first-order valence-electron chi connectivity index (χ1n) is 5.01. The molecular formula is C11H10FN3O2S. The molecule has 0 bridgehead atoms. The minimum atomic E-state index is -0.522. The molecule has 0 fully saturated rings. The number of rotatable bonds is 3. The molecule has 2 rings (SSSR count). The first kappa shape index (κ1) is 12.4. The van der Waals surface area contributed by atoms with E-state index in [1.54, 1.807) is 12.1 Å². The van der Waals surface area contributed by atoms with Crippen molar-refractivity contribution in [3.05, 3.63) is 28.8 Å². The van der Waals surface area contributed by atoms with Gasteiger partial charge in [0.2, 0.25) is 4.77 Å². The number of nitrogens with one attached hydrogen (secondary N) is 1. The molecule has 1 N–H and O–H groups in total. The third-order valence-electron chi connectivity index (χ3n) is 2.26. The highest BCUT2D eigenvalue weighted by Crippen LogP contribution is 2.26. The molecule has 0 atom stereocenters. The predicted octanol–water partition coefficient (Wildman–Crippen LogP) is 2.36. The molecule has 18 heavy (non-hydrogen) atoms. The second-order valence-corrected chi connectivity index (χ2v) is 3.68. The molecule has 0 aliphatic carbocycles. The first-order chi connectivity index (χ1) is 8.65. The molecule has 0 radical (unpaired) electrons. The number of hydrogen-bond acceptors (Lipinski definition) is 5. The molecule has 94 valence electrons. The summed E-state index contributed by atoms with van der Waals surface area (Å²) in [6.45, 7) is 0. The van der Waals surface area contributed by atoms with Crippen molar-refractivity contribution in [2.45, 2.75) is 0 Å². The van der Waals surface area contributed by atoms with Crippen molar-refractivity contribution in [1.29, 1.82) is 0 Å². The van der Waals surface area contributed by atoms with Crippen LogP contribution in [0.15, 0.2) is 18.2 Å². The Morgan fingerprint density at radius 1 is 1.22 bits per heavy atom. The number of aromatic nitrogens is 3. The van der Waals surface area contributed by atoms with Crippen LogP contribution in [0.4, 0.5) is 4.39 Å². The quantitative estimate of drug-likeness (QED) is 0.865. The second kappa shape index (κ2) is 5.09. The van der Waals surface area contributed by atoms with Gasteiger partial charge in [-0.15, -0.1) is 0 Å². The monoisotopic (exact) mass is 267 g/mol. The lowest BCUT2D eigenvalue weighted by Crippen LogP contribution is -2.00. The Hall–Kier alpha value is -2.02. The Balaban J connectivity index is 2.61. The predicted molar refractivity (Wildman–Crippen MR) is 65.7 cm³/mol. The molecule has 0 unspecified atom stereocenters. The van der Waals surface area contributed by atoms with Crippen LogP contribution in [-0.2, 0) is 0 Å². The molecule has 0 aliphatic heterocycles. The lowest BCUT2D eigenvalue weighted by atomic mass is 10.2. The summed E-state index contributed by atoms with van der Waals surface area (Å²) in [6.07, 6.45) is 0. The standard InChI is InChI=1S/C11H10FN3O2S/c1-16-7-5-3-4-6(8(7)12)9-13-10(17-2)15-11(18)14-9/h3-5H,1-2H3,(H,13,14,15,18). The van der Waals surface area contributed by atoms with Crippen LogP contribution in [0.2, 0.25) is 0 Å². The third-order valence-corrected chi connectivity index (χ3v) is 2.44. The van der Waals surface area contributed by atoms with Gasteiger partial charge in [-0.25, -0.2) is 9.37 Å². The lowest BCUT2D eigenvalue weighted by Gasteiger charge is -2.07. The van der Waals surface area contributed by atoms with Gasteiger partial charge in [0.25, 0.3) is 6.01 Å². The highest BCUT2D eigenvalue weighted by molar-refractivity contribution is 7.71. The number of aromatic amines is 1. The van der Waals surface area contributed by atoms with Gasteiger partial charge in [0.1, 0.15) is 5.82 Å². The van der Waals surface area contributed by atoms with E-state index in [-0.39, 0.29) is 27.9 Å². The van der Waals surface area contributed by atoms with Gasteiger partial charge in [0.05, 0.1) is 19.8 Å². The average molecular weight is 267 g/mol. The van der Waals surface area contributed by atoms with Crippen molar-refractivity contribution in [3.63, 3.8) is 0 Å². The van der Waals surface area contributed by atoms with Crippen LogP contribution in [0.5, 0.6) is 11.8 Å². The first-order valence-corrected chi connectivity index (χ1v) is 5.41. The van der Waals surface area contributed by atoms with Crippen LogP contribution in [-0.4, -0.2) is 29.2 Å². The Kier molecular flexibility index (Phi) is 3.52. The Labute approximate surface area is 108 Å². The number of halogens is 1. The Morgan fingerprint density at radius 3 is 2.67 bits per heavy atom. The Morgan fingerprint density at radius 2 is 2.00 bits per heavy atom. The summed E-state index contributed by atoms with van der Waals surface area (Å²) in [7, 11) is 2.82. The minimum absolute atomic E-state index is 0.0721. The van der Waals surface area contributed by atoms with E-state index >= 15 is 0 Å². The highest BCUT2D eigenvalue weighted by Gasteiger charge is 2.13. The van der Waals surface area contributed by atoms with E-state index in [1.807, 2.05) is 0 Å². The van der Waals surface area contributed by atoms with Crippen LogP contribution in [0.1, 0.15) is 0 Å². The number of ether oxygens (including phenoxy) is 2. The van der Waals surface area contributed by atoms with Crippen LogP contribution >= 0.6 is 12.2 Å². The molecule has 1 aromatic heterocycles. The molecule has 0 saturated heterocycles. The van der Waals surface area contributed by atoms with Crippen molar-refractivity contribution < 1.29 is 13.9 Å².